The molecule has 0 aromatic carbocycles. The Bertz CT molecular complexity index is 256. The van der Waals surface area contributed by atoms with Gasteiger partial charge in [0.15, 0.2) is 0 Å². The Morgan fingerprint density at radius 3 is 2.38 bits per heavy atom. The summed E-state index contributed by atoms with van der Waals surface area (Å²) in [4.78, 5) is 0. The Hall–Kier alpha value is -0.350. The highest BCUT2D eigenvalue weighted by atomic mass is 32.2. The van der Waals surface area contributed by atoms with E-state index in [0.29, 0.717) is 6.42 Å². The molecular formula is C9H18O3S. The highest BCUT2D eigenvalue weighted by Crippen LogP contribution is 2.22. The van der Waals surface area contributed by atoms with Crippen LogP contribution in [-0.2, 0) is 9.84 Å². The predicted octanol–water partition coefficient (Wildman–Crippen LogP) is 0.996. The third kappa shape index (κ3) is 4.43. The second-order valence-corrected chi connectivity index (χ2v) is 5.98. The SMILES string of the molecule is C=CC(C)(CO)CCS(=O)(=O)CC. The summed E-state index contributed by atoms with van der Waals surface area (Å²) >= 11 is 0. The van der Waals surface area contributed by atoms with Gasteiger partial charge < -0.3 is 5.11 Å². The first-order chi connectivity index (χ1) is 5.89. The fourth-order valence-corrected chi connectivity index (χ4v) is 1.84. The molecule has 0 amide bonds. The molecule has 0 saturated carbocycles. The Balaban J connectivity index is 4.23. The van der Waals surface area contributed by atoms with Crippen LogP contribution in [-0.4, -0.2) is 31.6 Å². The molecule has 0 rings (SSSR count). The molecule has 0 radical (unpaired) electrons. The summed E-state index contributed by atoms with van der Waals surface area (Å²) in [6, 6.07) is 0. The fraction of sp³-hybridized carbons (Fsp3) is 0.778. The number of aliphatic hydroxyl groups excluding tert-OH is 1. The van der Waals surface area contributed by atoms with Crippen molar-refractivity contribution in [1.29, 1.82) is 0 Å². The molecule has 0 aliphatic rings. The quantitative estimate of drug-likeness (QED) is 0.659. The van der Waals surface area contributed by atoms with Gasteiger partial charge in [0.2, 0.25) is 0 Å². The first-order valence-electron chi connectivity index (χ1n) is 4.34. The Labute approximate surface area is 80.4 Å². The van der Waals surface area contributed by atoms with Gasteiger partial charge in [0.25, 0.3) is 0 Å². The lowest BCUT2D eigenvalue weighted by Gasteiger charge is -2.22. The molecule has 0 aliphatic heterocycles. The summed E-state index contributed by atoms with van der Waals surface area (Å²) in [5.74, 6) is 0.276. The zero-order valence-corrected chi connectivity index (χ0v) is 9.10. The summed E-state index contributed by atoms with van der Waals surface area (Å²) in [6.45, 7) is 6.94. The van der Waals surface area contributed by atoms with Gasteiger partial charge in [-0.05, 0) is 6.42 Å². The van der Waals surface area contributed by atoms with Crippen LogP contribution in [0, 0.1) is 5.41 Å². The van der Waals surface area contributed by atoms with Crippen LogP contribution in [0.2, 0.25) is 0 Å². The summed E-state index contributed by atoms with van der Waals surface area (Å²) < 4.78 is 22.3. The summed E-state index contributed by atoms with van der Waals surface area (Å²) in [5, 5.41) is 8.99. The van der Waals surface area contributed by atoms with E-state index in [1.54, 1.807) is 19.9 Å². The second-order valence-electron chi connectivity index (χ2n) is 3.50. The largest absolute Gasteiger partial charge is 0.395 e. The van der Waals surface area contributed by atoms with Gasteiger partial charge in [-0.2, -0.15) is 0 Å². The number of sulfone groups is 1. The Kier molecular flexibility index (Phi) is 4.64. The maximum atomic E-state index is 11.2. The lowest BCUT2D eigenvalue weighted by molar-refractivity contribution is 0.181. The minimum Gasteiger partial charge on any atom is -0.395 e. The van der Waals surface area contributed by atoms with Gasteiger partial charge in [-0.15, -0.1) is 6.58 Å². The molecule has 1 atom stereocenters. The molecule has 78 valence electrons. The van der Waals surface area contributed by atoms with E-state index in [-0.39, 0.29) is 18.1 Å². The first-order valence-corrected chi connectivity index (χ1v) is 6.16. The van der Waals surface area contributed by atoms with E-state index in [0.717, 1.165) is 0 Å². The third-order valence-corrected chi connectivity index (χ3v) is 3.98. The average Bonchev–Trinajstić information content (AvgIpc) is 2.14. The molecule has 0 heterocycles. The van der Waals surface area contributed by atoms with Crippen molar-refractivity contribution in [3.63, 3.8) is 0 Å². The zero-order chi connectivity index (χ0) is 10.5. The molecule has 0 saturated heterocycles. The van der Waals surface area contributed by atoms with Crippen molar-refractivity contribution in [1.82, 2.24) is 0 Å². The Morgan fingerprint density at radius 1 is 1.54 bits per heavy atom. The van der Waals surface area contributed by atoms with E-state index in [1.165, 1.54) is 0 Å². The third-order valence-electron chi connectivity index (χ3n) is 2.28. The van der Waals surface area contributed by atoms with Gasteiger partial charge in [-0.25, -0.2) is 8.42 Å². The van der Waals surface area contributed by atoms with Crippen molar-refractivity contribution in [3.05, 3.63) is 12.7 Å². The predicted molar refractivity (Wildman–Crippen MR) is 54.3 cm³/mol. The van der Waals surface area contributed by atoms with Crippen molar-refractivity contribution >= 4 is 9.84 Å². The van der Waals surface area contributed by atoms with E-state index in [1.807, 2.05) is 0 Å². The van der Waals surface area contributed by atoms with Gasteiger partial charge in [0.05, 0.1) is 12.4 Å². The van der Waals surface area contributed by atoms with Gasteiger partial charge in [0, 0.05) is 11.2 Å². The highest BCUT2D eigenvalue weighted by Gasteiger charge is 2.21. The van der Waals surface area contributed by atoms with Gasteiger partial charge >= 0.3 is 0 Å². The summed E-state index contributed by atoms with van der Waals surface area (Å²) in [7, 11) is -2.93. The van der Waals surface area contributed by atoms with Gasteiger partial charge in [0.1, 0.15) is 9.84 Å². The van der Waals surface area contributed by atoms with Crippen LogP contribution < -0.4 is 0 Å². The zero-order valence-electron chi connectivity index (χ0n) is 8.28. The van der Waals surface area contributed by atoms with Crippen LogP contribution in [0.25, 0.3) is 0 Å². The van der Waals surface area contributed by atoms with E-state index in [2.05, 4.69) is 6.58 Å². The number of rotatable bonds is 6. The van der Waals surface area contributed by atoms with Crippen LogP contribution >= 0.6 is 0 Å². The topological polar surface area (TPSA) is 54.4 Å². The van der Waals surface area contributed by atoms with Crippen molar-refractivity contribution < 1.29 is 13.5 Å². The van der Waals surface area contributed by atoms with E-state index in [4.69, 9.17) is 5.11 Å². The number of hydrogen-bond donors (Lipinski definition) is 1. The molecule has 3 nitrogen and oxygen atoms in total. The molecule has 1 N–H and O–H groups in total. The summed E-state index contributed by atoms with van der Waals surface area (Å²) in [6.07, 6.45) is 2.04. The van der Waals surface area contributed by atoms with E-state index >= 15 is 0 Å². The maximum absolute atomic E-state index is 11.2. The molecule has 1 unspecified atom stereocenters. The van der Waals surface area contributed by atoms with Crippen LogP contribution in [0.15, 0.2) is 12.7 Å². The number of aliphatic hydroxyl groups is 1. The van der Waals surface area contributed by atoms with Crippen molar-refractivity contribution in [2.45, 2.75) is 20.3 Å². The van der Waals surface area contributed by atoms with Crippen LogP contribution in [0.3, 0.4) is 0 Å². The molecule has 4 heteroatoms. The lowest BCUT2D eigenvalue weighted by atomic mass is 9.89. The molecule has 0 aliphatic carbocycles. The van der Waals surface area contributed by atoms with Crippen molar-refractivity contribution in [2.24, 2.45) is 5.41 Å². The van der Waals surface area contributed by atoms with Crippen LogP contribution in [0.1, 0.15) is 20.3 Å². The standard InChI is InChI=1S/C9H18O3S/c1-4-9(3,8-10)6-7-13(11,12)5-2/h4,10H,1,5-8H2,2-3H3. The fourth-order valence-electron chi connectivity index (χ4n) is 0.779. The van der Waals surface area contributed by atoms with Crippen LogP contribution in [0.5, 0.6) is 0 Å². The molecule has 0 spiro atoms. The minimum absolute atomic E-state index is 0.0598. The maximum Gasteiger partial charge on any atom is 0.150 e. The molecule has 0 aromatic heterocycles. The summed E-state index contributed by atoms with van der Waals surface area (Å²) in [5.41, 5.74) is -0.470. The van der Waals surface area contributed by atoms with Crippen molar-refractivity contribution in [3.8, 4) is 0 Å². The smallest absolute Gasteiger partial charge is 0.150 e. The molecular weight excluding hydrogens is 188 g/mol. The average molecular weight is 206 g/mol. The monoisotopic (exact) mass is 206 g/mol. The second kappa shape index (κ2) is 4.77. The number of hydrogen-bond acceptors (Lipinski definition) is 3. The minimum atomic E-state index is -2.93. The molecule has 13 heavy (non-hydrogen) atoms. The first kappa shape index (κ1) is 12.7. The van der Waals surface area contributed by atoms with Gasteiger partial charge in [-0.1, -0.05) is 19.9 Å². The van der Waals surface area contributed by atoms with Crippen LogP contribution in [0.4, 0.5) is 0 Å². The molecule has 0 fully saturated rings. The molecule has 0 aromatic rings. The van der Waals surface area contributed by atoms with Gasteiger partial charge in [-0.3, -0.25) is 0 Å². The molecule has 0 bridgehead atoms. The Morgan fingerprint density at radius 2 is 2.08 bits per heavy atom. The normalized spacial score (nSPS) is 16.5. The highest BCUT2D eigenvalue weighted by molar-refractivity contribution is 7.91. The van der Waals surface area contributed by atoms with Crippen molar-refractivity contribution in [2.75, 3.05) is 18.1 Å². The van der Waals surface area contributed by atoms with E-state index < -0.39 is 15.3 Å². The van der Waals surface area contributed by atoms with E-state index in [9.17, 15) is 8.42 Å². The lowest BCUT2D eigenvalue weighted by Crippen LogP contribution is -2.23.